The van der Waals surface area contributed by atoms with Crippen molar-refractivity contribution in [3.63, 3.8) is 0 Å². The molecule has 0 aromatic heterocycles. The van der Waals surface area contributed by atoms with Crippen LogP contribution in [-0.4, -0.2) is 28.8 Å². The van der Waals surface area contributed by atoms with Gasteiger partial charge >= 0.3 is 0 Å². The molecule has 0 N–H and O–H groups in total. The van der Waals surface area contributed by atoms with Gasteiger partial charge in [-0.25, -0.2) is 0 Å². The van der Waals surface area contributed by atoms with Crippen molar-refractivity contribution >= 4 is 26.4 Å². The second-order valence-electron chi connectivity index (χ2n) is 3.08. The van der Waals surface area contributed by atoms with E-state index in [1.807, 2.05) is 4.99 Å². The third-order valence-corrected chi connectivity index (χ3v) is 3.63. The molecule has 1 saturated heterocycles. The van der Waals surface area contributed by atoms with E-state index in [1.54, 1.807) is 0 Å². The molecule has 1 saturated carbocycles. The molecule has 0 radical (unpaired) electrons. The lowest BCUT2D eigenvalue weighted by molar-refractivity contribution is 0.194. The molecule has 2 aliphatic rings. The molecule has 3 atom stereocenters. The predicted octanol–water partition coefficient (Wildman–Crippen LogP) is 0.492. The Hall–Kier alpha value is 0.357. The molecule has 0 spiro atoms. The van der Waals surface area contributed by atoms with Crippen LogP contribution in [0.2, 0.25) is 0 Å². The lowest BCUT2D eigenvalue weighted by Gasteiger charge is -2.19. The molecular weight excluding hydrogens is 224 g/mol. The van der Waals surface area contributed by atoms with E-state index in [2.05, 4.69) is 15.9 Å². The summed E-state index contributed by atoms with van der Waals surface area (Å²) >= 11 is 3.35. The molecule has 4 heteroatoms. The van der Waals surface area contributed by atoms with E-state index in [1.165, 1.54) is 5.57 Å². The van der Waals surface area contributed by atoms with E-state index < -0.39 is 0 Å². The molecule has 0 aromatic rings. The zero-order valence-electron chi connectivity index (χ0n) is 6.42. The van der Waals surface area contributed by atoms with Crippen LogP contribution in [-0.2, 0) is 9.16 Å². The van der Waals surface area contributed by atoms with Crippen LogP contribution in [0.5, 0.6) is 0 Å². The summed E-state index contributed by atoms with van der Waals surface area (Å²) in [5.74, 6) is 0. The minimum atomic E-state index is 0.419. The van der Waals surface area contributed by atoms with E-state index in [4.69, 9.17) is 9.16 Å². The van der Waals surface area contributed by atoms with Crippen LogP contribution in [0, 0.1) is 0 Å². The number of hydrogen-bond donors (Lipinski definition) is 0. The summed E-state index contributed by atoms with van der Waals surface area (Å²) in [4.78, 5) is 1.99. The highest BCUT2D eigenvalue weighted by Gasteiger charge is 2.46. The lowest BCUT2D eigenvalue weighted by atomic mass is 9.94. The molecule has 2 rings (SSSR count). The predicted molar refractivity (Wildman–Crippen MR) is 49.7 cm³/mol. The molecule has 0 amide bonds. The van der Waals surface area contributed by atoms with Crippen LogP contribution in [0.3, 0.4) is 0 Å². The number of ether oxygens (including phenoxy) is 1. The van der Waals surface area contributed by atoms with E-state index >= 15 is 0 Å². The van der Waals surface area contributed by atoms with Crippen LogP contribution in [0.4, 0.5) is 0 Å². The van der Waals surface area contributed by atoms with Gasteiger partial charge in [0.05, 0.1) is 12.2 Å². The first kappa shape index (κ1) is 7.98. The summed E-state index contributed by atoms with van der Waals surface area (Å²) in [5.41, 5.74) is 1.36. The number of rotatable bonds is 1. The Morgan fingerprint density at radius 2 is 2.55 bits per heavy atom. The maximum Gasteiger partial charge on any atom is 0.146 e. The average Bonchev–Trinajstić information content (AvgIpc) is 2.80. The highest BCUT2D eigenvalue weighted by Crippen LogP contribution is 2.41. The summed E-state index contributed by atoms with van der Waals surface area (Å²) in [6.07, 6.45) is 3.46. The van der Waals surface area contributed by atoms with Gasteiger partial charge in [-0.3, -0.25) is 0 Å². The van der Waals surface area contributed by atoms with Gasteiger partial charge in [-0.1, -0.05) is 15.9 Å². The van der Waals surface area contributed by atoms with E-state index in [0.29, 0.717) is 18.3 Å². The fourth-order valence-corrected chi connectivity index (χ4v) is 2.46. The molecule has 0 bridgehead atoms. The Morgan fingerprint density at radius 1 is 1.73 bits per heavy atom. The molecule has 0 aromatic carbocycles. The smallest absolute Gasteiger partial charge is 0.146 e. The van der Waals surface area contributed by atoms with Crippen LogP contribution in [0.1, 0.15) is 12.8 Å². The zero-order valence-corrected chi connectivity index (χ0v) is 10.0. The van der Waals surface area contributed by atoms with Gasteiger partial charge in [0, 0.05) is 6.42 Å². The van der Waals surface area contributed by atoms with Crippen molar-refractivity contribution in [2.45, 2.75) is 31.2 Å². The van der Waals surface area contributed by atoms with Crippen LogP contribution < -0.4 is 0 Å². The number of fused-ring (bicyclic) bond motifs is 1. The van der Waals surface area contributed by atoms with Crippen molar-refractivity contribution in [3.05, 3.63) is 10.6 Å². The van der Waals surface area contributed by atoms with Crippen molar-refractivity contribution < 1.29 is 9.16 Å². The van der Waals surface area contributed by atoms with Gasteiger partial charge in [-0.05, 0) is 17.0 Å². The average molecular weight is 235 g/mol. The van der Waals surface area contributed by atoms with E-state index in [-0.39, 0.29) is 0 Å². The summed E-state index contributed by atoms with van der Waals surface area (Å²) in [5, 5.41) is 0. The summed E-state index contributed by atoms with van der Waals surface area (Å²) in [6.45, 7) is 0. The van der Waals surface area contributed by atoms with E-state index in [9.17, 15) is 0 Å². The van der Waals surface area contributed by atoms with E-state index in [0.717, 1.165) is 23.3 Å². The van der Waals surface area contributed by atoms with Gasteiger partial charge in [-0.15, -0.1) is 0 Å². The molecule has 2 fully saturated rings. The Labute approximate surface area is 77.6 Å². The van der Waals surface area contributed by atoms with Gasteiger partial charge in [0.1, 0.15) is 16.6 Å². The standard InChI is InChI=1S/C7H11BrO2Si/c8-3-4-1-5(10-11)2-6-7(4)9-6/h3,5-7H,1-2H2,11H3. The first-order chi connectivity index (χ1) is 5.35. The SMILES string of the molecule is [SiH3]OC1CC(=CBr)C2OC2C1. The highest BCUT2D eigenvalue weighted by molar-refractivity contribution is 9.11. The number of halogens is 1. The fourth-order valence-electron chi connectivity index (χ4n) is 1.66. The minimum Gasteiger partial charge on any atom is -0.425 e. The fraction of sp³-hybridized carbons (Fsp3) is 0.714. The Balaban J connectivity index is 2.03. The first-order valence-corrected chi connectivity index (χ1v) is 5.55. The third-order valence-electron chi connectivity index (χ3n) is 2.38. The quantitative estimate of drug-likeness (QED) is 0.487. The molecular formula is C7H11BrO2Si. The minimum absolute atomic E-state index is 0.419. The highest BCUT2D eigenvalue weighted by atomic mass is 79.9. The van der Waals surface area contributed by atoms with Crippen LogP contribution in [0.15, 0.2) is 10.6 Å². The maximum absolute atomic E-state index is 5.45. The molecule has 3 unspecified atom stereocenters. The first-order valence-electron chi connectivity index (χ1n) is 3.82. The second-order valence-corrected chi connectivity index (χ2v) is 4.01. The number of epoxide rings is 1. The summed E-state index contributed by atoms with van der Waals surface area (Å²) in [6, 6.07) is 0. The van der Waals surface area contributed by atoms with Crippen molar-refractivity contribution in [2.24, 2.45) is 0 Å². The Kier molecular flexibility index (Phi) is 2.18. The van der Waals surface area contributed by atoms with Crippen molar-refractivity contribution in [3.8, 4) is 0 Å². The van der Waals surface area contributed by atoms with Gasteiger partial charge in [0.15, 0.2) is 0 Å². The Bertz CT molecular complexity index is 195. The lowest BCUT2D eigenvalue weighted by Crippen LogP contribution is -2.22. The monoisotopic (exact) mass is 234 g/mol. The second kappa shape index (κ2) is 3.01. The molecule has 1 heterocycles. The van der Waals surface area contributed by atoms with Crippen LogP contribution >= 0.6 is 15.9 Å². The maximum atomic E-state index is 5.45. The summed E-state index contributed by atoms with van der Waals surface area (Å²) in [7, 11) is 0.835. The van der Waals surface area contributed by atoms with Gasteiger partial charge in [-0.2, -0.15) is 0 Å². The molecule has 62 valence electrons. The molecule has 2 nitrogen and oxygen atoms in total. The summed E-state index contributed by atoms with van der Waals surface area (Å²) < 4.78 is 10.9. The van der Waals surface area contributed by atoms with Crippen molar-refractivity contribution in [2.75, 3.05) is 0 Å². The van der Waals surface area contributed by atoms with Crippen LogP contribution in [0.25, 0.3) is 0 Å². The Morgan fingerprint density at radius 3 is 3.18 bits per heavy atom. The van der Waals surface area contributed by atoms with Crippen molar-refractivity contribution in [1.82, 2.24) is 0 Å². The normalized spacial score (nSPS) is 45.9. The van der Waals surface area contributed by atoms with Crippen molar-refractivity contribution in [1.29, 1.82) is 0 Å². The topological polar surface area (TPSA) is 21.8 Å². The van der Waals surface area contributed by atoms with Gasteiger partial charge in [0.2, 0.25) is 0 Å². The molecule has 1 aliphatic heterocycles. The largest absolute Gasteiger partial charge is 0.425 e. The third kappa shape index (κ3) is 1.45. The molecule has 1 aliphatic carbocycles. The van der Waals surface area contributed by atoms with Gasteiger partial charge in [0.25, 0.3) is 0 Å². The van der Waals surface area contributed by atoms with Gasteiger partial charge < -0.3 is 9.16 Å². The molecule has 11 heavy (non-hydrogen) atoms. The number of hydrogen-bond acceptors (Lipinski definition) is 2. The zero-order chi connectivity index (χ0) is 7.84.